The van der Waals surface area contributed by atoms with E-state index in [4.69, 9.17) is 19.4 Å². The molecule has 164 valence electrons. The average molecular weight is 429 g/mol. The van der Waals surface area contributed by atoms with Gasteiger partial charge in [-0.05, 0) is 22.8 Å². The molecule has 0 saturated carbocycles. The van der Waals surface area contributed by atoms with Crippen molar-refractivity contribution in [3.05, 3.63) is 65.0 Å². The fourth-order valence-electron chi connectivity index (χ4n) is 3.73. The number of rotatable bonds is 7. The van der Waals surface area contributed by atoms with Gasteiger partial charge in [0.2, 0.25) is 0 Å². The molecule has 2 aliphatic rings. The number of nitrogens with one attached hydrogen (secondary N) is 2. The van der Waals surface area contributed by atoms with Gasteiger partial charge in [0.1, 0.15) is 30.8 Å². The minimum Gasteiger partial charge on any atom is -0.493 e. The number of amides is 1. The highest BCUT2D eigenvalue weighted by atomic mass is 19.1. The molecule has 1 saturated heterocycles. The maximum atomic E-state index is 14.9. The lowest BCUT2D eigenvalue weighted by Crippen LogP contribution is -2.43. The molecular weight excluding hydrogens is 405 g/mol. The van der Waals surface area contributed by atoms with E-state index < -0.39 is 23.9 Å². The number of hydrogen-bond donors (Lipinski definition) is 3. The second kappa shape index (κ2) is 9.65. The Morgan fingerprint density at radius 2 is 2.16 bits per heavy atom. The van der Waals surface area contributed by atoms with Crippen LogP contribution in [-0.2, 0) is 22.6 Å². The lowest BCUT2D eigenvalue weighted by atomic mass is 9.91. The van der Waals surface area contributed by atoms with Crippen LogP contribution in [0.4, 0.5) is 9.18 Å². The van der Waals surface area contributed by atoms with Crippen molar-refractivity contribution in [3.8, 4) is 5.75 Å². The number of aliphatic hydroxyl groups excluding tert-OH is 1. The number of halogens is 1. The van der Waals surface area contributed by atoms with Gasteiger partial charge < -0.3 is 30.1 Å². The van der Waals surface area contributed by atoms with Gasteiger partial charge >= 0.3 is 6.09 Å². The zero-order chi connectivity index (χ0) is 21.6. The number of nitrogens with zero attached hydrogens (tertiary/aromatic N) is 1. The van der Waals surface area contributed by atoms with Crippen molar-refractivity contribution in [1.82, 2.24) is 10.6 Å². The van der Waals surface area contributed by atoms with Crippen molar-refractivity contribution in [2.45, 2.75) is 25.0 Å². The van der Waals surface area contributed by atoms with Crippen LogP contribution in [0.25, 0.3) is 0 Å². The van der Waals surface area contributed by atoms with Crippen LogP contribution in [0.1, 0.15) is 22.6 Å². The third kappa shape index (κ3) is 4.88. The third-order valence-electron chi connectivity index (χ3n) is 5.24. The summed E-state index contributed by atoms with van der Waals surface area (Å²) in [6.45, 7) is 0.788. The summed E-state index contributed by atoms with van der Waals surface area (Å²) in [5.74, 6) is 0.0616. The molecule has 0 aromatic heterocycles. The number of oxime groups is 1. The number of amidine groups is 1. The molecular formula is C22H24FN3O5. The van der Waals surface area contributed by atoms with Gasteiger partial charge in [-0.15, -0.1) is 0 Å². The van der Waals surface area contributed by atoms with Crippen LogP contribution in [0.2, 0.25) is 0 Å². The molecule has 0 bridgehead atoms. The van der Waals surface area contributed by atoms with E-state index in [0.717, 1.165) is 11.1 Å². The predicted molar refractivity (Wildman–Crippen MR) is 110 cm³/mol. The summed E-state index contributed by atoms with van der Waals surface area (Å²) in [7, 11) is 0. The predicted octanol–water partition coefficient (Wildman–Crippen LogP) is 2.06. The van der Waals surface area contributed by atoms with Gasteiger partial charge in [0.05, 0.1) is 13.2 Å². The Morgan fingerprint density at radius 1 is 1.32 bits per heavy atom. The summed E-state index contributed by atoms with van der Waals surface area (Å²) in [4.78, 5) is 17.6. The Labute approximate surface area is 179 Å². The van der Waals surface area contributed by atoms with E-state index in [2.05, 4.69) is 15.8 Å². The van der Waals surface area contributed by atoms with Crippen LogP contribution in [-0.4, -0.2) is 49.4 Å². The van der Waals surface area contributed by atoms with Gasteiger partial charge in [-0.25, -0.2) is 9.18 Å². The first-order chi connectivity index (χ1) is 15.2. The molecule has 0 aliphatic carbocycles. The lowest BCUT2D eigenvalue weighted by Gasteiger charge is -2.21. The number of carbonyl (C=O) groups excluding carboxylic acids is 1. The fourth-order valence-corrected chi connectivity index (χ4v) is 3.73. The molecule has 2 atom stereocenters. The van der Waals surface area contributed by atoms with Crippen LogP contribution < -0.4 is 15.4 Å². The van der Waals surface area contributed by atoms with E-state index >= 15 is 0 Å². The summed E-state index contributed by atoms with van der Waals surface area (Å²) in [5, 5.41) is 18.7. The highest BCUT2D eigenvalue weighted by Crippen LogP contribution is 2.34. The standard InChI is InChI=1S/C22H24FN3O5/c23-18-11-19-15(6-8-29-19)10-16(18)17-12-24-21(26-31-9-7-27)20(17)25-22(28)30-13-14-4-2-1-3-5-14/h1-5,10-11,17,20,27H,6-9,12-13H2,(H,24,26)(H,25,28)/t17-,20-/m0/s1. The van der Waals surface area contributed by atoms with Crippen molar-refractivity contribution >= 4 is 11.9 Å². The average Bonchev–Trinajstić information content (AvgIpc) is 3.39. The normalized spacial score (nSPS) is 20.6. The van der Waals surface area contributed by atoms with Crippen molar-refractivity contribution < 1.29 is 28.6 Å². The molecule has 4 rings (SSSR count). The summed E-state index contributed by atoms with van der Waals surface area (Å²) in [6.07, 6.45) is 0.0582. The number of ether oxygens (including phenoxy) is 2. The number of carbonyl (C=O) groups is 1. The van der Waals surface area contributed by atoms with Gasteiger partial charge in [-0.1, -0.05) is 35.5 Å². The largest absolute Gasteiger partial charge is 0.493 e. The molecule has 0 spiro atoms. The monoisotopic (exact) mass is 429 g/mol. The Morgan fingerprint density at radius 3 is 2.97 bits per heavy atom. The third-order valence-corrected chi connectivity index (χ3v) is 5.24. The van der Waals surface area contributed by atoms with E-state index in [0.29, 0.717) is 36.7 Å². The molecule has 31 heavy (non-hydrogen) atoms. The summed E-state index contributed by atoms with van der Waals surface area (Å²) >= 11 is 0. The fraction of sp³-hybridized carbons (Fsp3) is 0.364. The first-order valence-corrected chi connectivity index (χ1v) is 10.1. The summed E-state index contributed by atoms with van der Waals surface area (Å²) in [5.41, 5.74) is 2.24. The first kappa shape index (κ1) is 20.9. The summed E-state index contributed by atoms with van der Waals surface area (Å²) < 4.78 is 25.6. The van der Waals surface area contributed by atoms with Gasteiger partial charge in [-0.3, -0.25) is 0 Å². The van der Waals surface area contributed by atoms with Crippen LogP contribution >= 0.6 is 0 Å². The van der Waals surface area contributed by atoms with E-state index in [1.165, 1.54) is 6.07 Å². The molecule has 0 radical (unpaired) electrons. The molecule has 8 nitrogen and oxygen atoms in total. The smallest absolute Gasteiger partial charge is 0.408 e. The molecule has 2 aromatic carbocycles. The van der Waals surface area contributed by atoms with Crippen molar-refractivity contribution in [1.29, 1.82) is 0 Å². The molecule has 2 heterocycles. The number of hydrogen-bond acceptors (Lipinski definition) is 6. The van der Waals surface area contributed by atoms with Crippen LogP contribution in [0.5, 0.6) is 5.75 Å². The number of alkyl carbamates (subject to hydrolysis) is 1. The Balaban J connectivity index is 1.52. The second-order valence-electron chi connectivity index (χ2n) is 7.28. The van der Waals surface area contributed by atoms with Crippen LogP contribution in [0.3, 0.4) is 0 Å². The van der Waals surface area contributed by atoms with Gasteiger partial charge in [0, 0.05) is 24.9 Å². The quantitative estimate of drug-likeness (QED) is 0.460. The summed E-state index contributed by atoms with van der Waals surface area (Å²) in [6, 6.07) is 11.8. The van der Waals surface area contributed by atoms with Gasteiger partial charge in [0.25, 0.3) is 0 Å². The molecule has 2 aromatic rings. The highest BCUT2D eigenvalue weighted by molar-refractivity contribution is 5.93. The SMILES string of the molecule is O=C(N[C@@H]1/C(=N/OCCO)NC[C@H]1c1cc2c(cc1F)OCC2)OCc1ccccc1. The molecule has 2 aliphatic heterocycles. The molecule has 0 unspecified atom stereocenters. The topological polar surface area (TPSA) is 101 Å². The van der Waals surface area contributed by atoms with Crippen molar-refractivity contribution in [2.24, 2.45) is 5.16 Å². The Bertz CT molecular complexity index is 954. The van der Waals surface area contributed by atoms with E-state index in [9.17, 15) is 9.18 Å². The Hall–Kier alpha value is -3.33. The first-order valence-electron chi connectivity index (χ1n) is 10.1. The number of benzene rings is 2. The molecule has 9 heteroatoms. The zero-order valence-electron chi connectivity index (χ0n) is 16.8. The van der Waals surface area contributed by atoms with E-state index in [-0.39, 0.29) is 19.8 Å². The zero-order valence-corrected chi connectivity index (χ0v) is 16.8. The lowest BCUT2D eigenvalue weighted by molar-refractivity contribution is 0.0970. The van der Waals surface area contributed by atoms with E-state index in [1.807, 2.05) is 30.3 Å². The van der Waals surface area contributed by atoms with Crippen LogP contribution in [0, 0.1) is 5.82 Å². The minimum atomic E-state index is -0.683. The molecule has 1 amide bonds. The second-order valence-corrected chi connectivity index (χ2v) is 7.28. The minimum absolute atomic E-state index is 0.00552. The van der Waals surface area contributed by atoms with Gasteiger partial charge in [-0.2, -0.15) is 0 Å². The Kier molecular flexibility index (Phi) is 6.51. The van der Waals surface area contributed by atoms with Crippen LogP contribution in [0.15, 0.2) is 47.6 Å². The molecule has 3 N–H and O–H groups in total. The number of aliphatic hydroxyl groups is 1. The van der Waals surface area contributed by atoms with Crippen molar-refractivity contribution in [2.75, 3.05) is 26.4 Å². The van der Waals surface area contributed by atoms with Gasteiger partial charge in [0.15, 0.2) is 5.84 Å². The number of fused-ring (bicyclic) bond motifs is 1. The molecule has 1 fully saturated rings. The van der Waals surface area contributed by atoms with Crippen molar-refractivity contribution in [3.63, 3.8) is 0 Å². The maximum Gasteiger partial charge on any atom is 0.408 e. The maximum absolute atomic E-state index is 14.9. The van der Waals surface area contributed by atoms with E-state index in [1.54, 1.807) is 6.07 Å². The highest BCUT2D eigenvalue weighted by Gasteiger charge is 2.38.